The number of amides is 1. The fourth-order valence-corrected chi connectivity index (χ4v) is 1.66. The van der Waals surface area contributed by atoms with Gasteiger partial charge in [0.1, 0.15) is 17.8 Å². The highest BCUT2D eigenvalue weighted by atomic mass is 19.2. The highest BCUT2D eigenvalue weighted by Crippen LogP contribution is 2.14. The Bertz CT molecular complexity index is 676. The lowest BCUT2D eigenvalue weighted by molar-refractivity contribution is 0.102. The first-order chi connectivity index (χ1) is 10.5. The summed E-state index contributed by atoms with van der Waals surface area (Å²) in [5.41, 5.74) is 0.283. The Balaban J connectivity index is 2.08. The molecule has 0 aliphatic rings. The molecular formula is C15H16F2N4O. The summed E-state index contributed by atoms with van der Waals surface area (Å²) >= 11 is 0. The molecule has 0 unspecified atom stereocenters. The number of carbonyl (C=O) groups is 1. The first-order valence-electron chi connectivity index (χ1n) is 6.78. The third-order valence-electron chi connectivity index (χ3n) is 2.77. The van der Waals surface area contributed by atoms with Gasteiger partial charge in [-0.2, -0.15) is 0 Å². The van der Waals surface area contributed by atoms with E-state index in [0.717, 1.165) is 12.1 Å². The summed E-state index contributed by atoms with van der Waals surface area (Å²) in [5.74, 6) is -1.57. The van der Waals surface area contributed by atoms with E-state index in [-0.39, 0.29) is 11.4 Å². The molecule has 22 heavy (non-hydrogen) atoms. The number of nitrogens with one attached hydrogen (secondary N) is 2. The van der Waals surface area contributed by atoms with Crippen LogP contribution >= 0.6 is 0 Å². The minimum absolute atomic E-state index is 0.131. The van der Waals surface area contributed by atoms with Crippen molar-refractivity contribution in [1.29, 1.82) is 0 Å². The normalized spacial score (nSPS) is 10.6. The summed E-state index contributed by atoms with van der Waals surface area (Å²) in [4.78, 5) is 19.9. The molecule has 0 aliphatic carbocycles. The van der Waals surface area contributed by atoms with Gasteiger partial charge in [-0.05, 0) is 18.1 Å². The van der Waals surface area contributed by atoms with Crippen molar-refractivity contribution in [2.45, 2.75) is 13.8 Å². The van der Waals surface area contributed by atoms with E-state index in [2.05, 4.69) is 20.6 Å². The van der Waals surface area contributed by atoms with Gasteiger partial charge in [-0.1, -0.05) is 13.8 Å². The third-order valence-corrected chi connectivity index (χ3v) is 2.77. The molecule has 1 aromatic carbocycles. The second-order valence-electron chi connectivity index (χ2n) is 5.15. The van der Waals surface area contributed by atoms with Crippen LogP contribution in [0, 0.1) is 17.6 Å². The molecule has 1 heterocycles. The molecule has 0 bridgehead atoms. The standard InChI is InChI=1S/C15H16F2N4O/c1-9(2)7-18-14-6-13(19-8-20-14)15(22)21-10-3-4-11(16)12(17)5-10/h3-6,8-9H,7H2,1-2H3,(H,21,22)(H,18,19,20). The lowest BCUT2D eigenvalue weighted by atomic mass is 10.2. The molecule has 0 spiro atoms. The van der Waals surface area contributed by atoms with Gasteiger partial charge >= 0.3 is 0 Å². The number of benzene rings is 1. The van der Waals surface area contributed by atoms with Crippen molar-refractivity contribution in [2.24, 2.45) is 5.92 Å². The largest absolute Gasteiger partial charge is 0.370 e. The highest BCUT2D eigenvalue weighted by molar-refractivity contribution is 6.03. The average molecular weight is 306 g/mol. The Morgan fingerprint density at radius 2 is 1.95 bits per heavy atom. The predicted octanol–water partition coefficient (Wildman–Crippen LogP) is 3.08. The summed E-state index contributed by atoms with van der Waals surface area (Å²) in [6.07, 6.45) is 1.27. The lowest BCUT2D eigenvalue weighted by Crippen LogP contribution is -2.16. The second kappa shape index (κ2) is 6.93. The van der Waals surface area contributed by atoms with Crippen LogP contribution in [0.3, 0.4) is 0 Å². The van der Waals surface area contributed by atoms with Gasteiger partial charge in [-0.15, -0.1) is 0 Å². The molecule has 2 N–H and O–H groups in total. The number of halogens is 2. The van der Waals surface area contributed by atoms with E-state index in [1.54, 1.807) is 0 Å². The number of nitrogens with zero attached hydrogens (tertiary/aromatic N) is 2. The van der Waals surface area contributed by atoms with Crippen molar-refractivity contribution >= 4 is 17.4 Å². The summed E-state index contributed by atoms with van der Waals surface area (Å²) in [6, 6.07) is 4.62. The van der Waals surface area contributed by atoms with Crippen molar-refractivity contribution < 1.29 is 13.6 Å². The number of carbonyl (C=O) groups excluding carboxylic acids is 1. The van der Waals surface area contributed by atoms with E-state index in [9.17, 15) is 13.6 Å². The molecule has 0 radical (unpaired) electrons. The molecule has 5 nitrogen and oxygen atoms in total. The van der Waals surface area contributed by atoms with E-state index in [4.69, 9.17) is 0 Å². The summed E-state index contributed by atoms with van der Waals surface area (Å²) in [5, 5.41) is 5.53. The fraction of sp³-hybridized carbons (Fsp3) is 0.267. The molecule has 2 rings (SSSR count). The van der Waals surface area contributed by atoms with Crippen LogP contribution < -0.4 is 10.6 Å². The molecule has 2 aromatic rings. The molecule has 1 aromatic heterocycles. The van der Waals surface area contributed by atoms with Crippen molar-refractivity contribution in [1.82, 2.24) is 9.97 Å². The number of anilines is 2. The highest BCUT2D eigenvalue weighted by Gasteiger charge is 2.11. The lowest BCUT2D eigenvalue weighted by Gasteiger charge is -2.09. The minimum atomic E-state index is -1.03. The van der Waals surface area contributed by atoms with Gasteiger partial charge in [0.05, 0.1) is 0 Å². The minimum Gasteiger partial charge on any atom is -0.370 e. The molecule has 0 fully saturated rings. The summed E-state index contributed by atoms with van der Waals surface area (Å²) in [6.45, 7) is 4.80. The van der Waals surface area contributed by atoms with E-state index in [0.29, 0.717) is 18.3 Å². The molecule has 0 saturated carbocycles. The van der Waals surface area contributed by atoms with Gasteiger partial charge in [0.15, 0.2) is 11.6 Å². The first kappa shape index (κ1) is 15.8. The van der Waals surface area contributed by atoms with Crippen molar-refractivity contribution in [2.75, 3.05) is 17.2 Å². The third kappa shape index (κ3) is 4.21. The van der Waals surface area contributed by atoms with Crippen LogP contribution in [-0.2, 0) is 0 Å². The van der Waals surface area contributed by atoms with Crippen molar-refractivity contribution in [3.05, 3.63) is 47.9 Å². The zero-order valence-electron chi connectivity index (χ0n) is 12.2. The van der Waals surface area contributed by atoms with Crippen LogP contribution in [0.5, 0.6) is 0 Å². The maximum absolute atomic E-state index is 13.1. The van der Waals surface area contributed by atoms with Crippen LogP contribution in [0.25, 0.3) is 0 Å². The van der Waals surface area contributed by atoms with E-state index in [1.807, 2.05) is 13.8 Å². The maximum Gasteiger partial charge on any atom is 0.274 e. The monoisotopic (exact) mass is 306 g/mol. The Kier molecular flexibility index (Phi) is 4.98. The number of rotatable bonds is 5. The Labute approximate surface area is 126 Å². The van der Waals surface area contributed by atoms with Crippen molar-refractivity contribution in [3.63, 3.8) is 0 Å². The first-order valence-corrected chi connectivity index (χ1v) is 6.78. The van der Waals surface area contributed by atoms with Crippen LogP contribution in [-0.4, -0.2) is 22.4 Å². The van der Waals surface area contributed by atoms with E-state index < -0.39 is 17.5 Å². The SMILES string of the molecule is CC(C)CNc1cc(C(=O)Nc2ccc(F)c(F)c2)ncn1. The molecule has 0 aliphatic heterocycles. The quantitative estimate of drug-likeness (QED) is 0.891. The maximum atomic E-state index is 13.1. The second-order valence-corrected chi connectivity index (χ2v) is 5.15. The van der Waals surface area contributed by atoms with Crippen LogP contribution in [0.2, 0.25) is 0 Å². The Hall–Kier alpha value is -2.57. The van der Waals surface area contributed by atoms with E-state index in [1.165, 1.54) is 18.5 Å². The molecular weight excluding hydrogens is 290 g/mol. The molecule has 0 atom stereocenters. The zero-order chi connectivity index (χ0) is 16.1. The van der Waals surface area contributed by atoms with Crippen LogP contribution in [0.15, 0.2) is 30.6 Å². The average Bonchev–Trinajstić information content (AvgIpc) is 2.49. The van der Waals surface area contributed by atoms with Gasteiger partial charge in [-0.3, -0.25) is 4.79 Å². The number of hydrogen-bond acceptors (Lipinski definition) is 4. The molecule has 0 saturated heterocycles. The number of hydrogen-bond donors (Lipinski definition) is 2. The summed E-state index contributed by atoms with van der Waals surface area (Å²) in [7, 11) is 0. The molecule has 116 valence electrons. The van der Waals surface area contributed by atoms with Crippen LogP contribution in [0.1, 0.15) is 24.3 Å². The fourth-order valence-electron chi connectivity index (χ4n) is 1.66. The topological polar surface area (TPSA) is 66.9 Å². The van der Waals surface area contributed by atoms with Gasteiger partial charge in [0.25, 0.3) is 5.91 Å². The van der Waals surface area contributed by atoms with Gasteiger partial charge in [0.2, 0.25) is 0 Å². The van der Waals surface area contributed by atoms with Crippen LogP contribution in [0.4, 0.5) is 20.3 Å². The van der Waals surface area contributed by atoms with Crippen molar-refractivity contribution in [3.8, 4) is 0 Å². The van der Waals surface area contributed by atoms with E-state index >= 15 is 0 Å². The Morgan fingerprint density at radius 3 is 2.64 bits per heavy atom. The molecule has 1 amide bonds. The van der Waals surface area contributed by atoms with Gasteiger partial charge < -0.3 is 10.6 Å². The van der Waals surface area contributed by atoms with Gasteiger partial charge in [0, 0.05) is 24.4 Å². The molecule has 7 heteroatoms. The summed E-state index contributed by atoms with van der Waals surface area (Å²) < 4.78 is 26.0. The Morgan fingerprint density at radius 1 is 1.18 bits per heavy atom. The zero-order valence-corrected chi connectivity index (χ0v) is 12.2. The predicted molar refractivity (Wildman–Crippen MR) is 79.7 cm³/mol. The smallest absolute Gasteiger partial charge is 0.274 e. The van der Waals surface area contributed by atoms with Gasteiger partial charge in [-0.25, -0.2) is 18.7 Å². The number of aromatic nitrogens is 2.